The van der Waals surface area contributed by atoms with Crippen LogP contribution in [0.3, 0.4) is 0 Å². The standard InChI is InChI=1S/C15H11Cl2F3N2O3S/c1-8(23)21-9-5-6-12(10(7-9)15(18,19)20)22-26(24,25)13-4-2-3-11(16)14(13)17/h2-7,22H,1H3,(H,21,23). The molecule has 0 saturated carbocycles. The van der Waals surface area contributed by atoms with Crippen LogP contribution >= 0.6 is 23.2 Å². The molecular weight excluding hydrogens is 416 g/mol. The number of sulfonamides is 1. The third-order valence-corrected chi connectivity index (χ3v) is 5.43. The molecule has 26 heavy (non-hydrogen) atoms. The lowest BCUT2D eigenvalue weighted by Gasteiger charge is -2.17. The zero-order valence-electron chi connectivity index (χ0n) is 13.0. The van der Waals surface area contributed by atoms with Crippen LogP contribution in [-0.2, 0) is 21.0 Å². The lowest BCUT2D eigenvalue weighted by molar-refractivity contribution is -0.136. The van der Waals surface area contributed by atoms with Gasteiger partial charge in [0.05, 0.1) is 21.3 Å². The summed E-state index contributed by atoms with van der Waals surface area (Å²) in [7, 11) is -4.44. The van der Waals surface area contributed by atoms with E-state index in [0.29, 0.717) is 6.07 Å². The van der Waals surface area contributed by atoms with E-state index in [1.54, 1.807) is 0 Å². The molecule has 0 aliphatic rings. The second-order valence-corrected chi connectivity index (χ2v) is 7.53. The summed E-state index contributed by atoms with van der Waals surface area (Å²) in [6.07, 6.45) is -4.87. The Hall–Kier alpha value is -1.97. The number of carbonyl (C=O) groups excluding carboxylic acids is 1. The largest absolute Gasteiger partial charge is 0.418 e. The Morgan fingerprint density at radius 1 is 1.12 bits per heavy atom. The fourth-order valence-electron chi connectivity index (χ4n) is 2.04. The first-order valence-corrected chi connectivity index (χ1v) is 9.11. The minimum absolute atomic E-state index is 0.0633. The third-order valence-electron chi connectivity index (χ3n) is 3.10. The highest BCUT2D eigenvalue weighted by atomic mass is 35.5. The molecule has 0 aliphatic heterocycles. The van der Waals surface area contributed by atoms with E-state index in [1.165, 1.54) is 12.1 Å². The summed E-state index contributed by atoms with van der Waals surface area (Å²) >= 11 is 11.6. The van der Waals surface area contributed by atoms with Gasteiger partial charge in [-0.05, 0) is 30.3 Å². The van der Waals surface area contributed by atoms with E-state index in [4.69, 9.17) is 23.2 Å². The van der Waals surface area contributed by atoms with Gasteiger partial charge in [-0.3, -0.25) is 9.52 Å². The monoisotopic (exact) mass is 426 g/mol. The van der Waals surface area contributed by atoms with E-state index >= 15 is 0 Å². The zero-order valence-corrected chi connectivity index (χ0v) is 15.3. The smallest absolute Gasteiger partial charge is 0.326 e. The maximum Gasteiger partial charge on any atom is 0.418 e. The lowest BCUT2D eigenvalue weighted by Crippen LogP contribution is -2.18. The molecule has 0 atom stereocenters. The normalized spacial score (nSPS) is 11.9. The zero-order chi connectivity index (χ0) is 19.7. The number of hydrogen-bond acceptors (Lipinski definition) is 3. The fraction of sp³-hybridized carbons (Fsp3) is 0.133. The molecule has 0 heterocycles. The Morgan fingerprint density at radius 3 is 2.35 bits per heavy atom. The molecule has 2 rings (SSSR count). The molecule has 1 amide bonds. The van der Waals surface area contributed by atoms with E-state index in [0.717, 1.165) is 25.1 Å². The van der Waals surface area contributed by atoms with Crippen LogP contribution in [0, 0.1) is 0 Å². The van der Waals surface area contributed by atoms with Crippen molar-refractivity contribution < 1.29 is 26.4 Å². The van der Waals surface area contributed by atoms with Gasteiger partial charge in [-0.15, -0.1) is 0 Å². The lowest BCUT2D eigenvalue weighted by atomic mass is 10.1. The molecule has 0 bridgehead atoms. The molecule has 140 valence electrons. The van der Waals surface area contributed by atoms with E-state index in [2.05, 4.69) is 5.32 Å². The predicted molar refractivity (Wildman–Crippen MR) is 93.0 cm³/mol. The number of alkyl halides is 3. The Morgan fingerprint density at radius 2 is 1.77 bits per heavy atom. The predicted octanol–water partition coefficient (Wildman–Crippen LogP) is 4.77. The van der Waals surface area contributed by atoms with Crippen LogP contribution in [0.15, 0.2) is 41.3 Å². The van der Waals surface area contributed by atoms with Crippen LogP contribution < -0.4 is 10.0 Å². The molecule has 2 N–H and O–H groups in total. The first kappa shape index (κ1) is 20.3. The SMILES string of the molecule is CC(=O)Nc1ccc(NS(=O)(=O)c2cccc(Cl)c2Cl)c(C(F)(F)F)c1. The molecule has 2 aromatic carbocycles. The van der Waals surface area contributed by atoms with E-state index in [1.807, 2.05) is 4.72 Å². The molecule has 0 fully saturated rings. The highest BCUT2D eigenvalue weighted by Crippen LogP contribution is 2.38. The fourth-order valence-corrected chi connectivity index (χ4v) is 3.88. The molecule has 5 nitrogen and oxygen atoms in total. The van der Waals surface area contributed by atoms with Gasteiger partial charge in [0.1, 0.15) is 4.90 Å². The van der Waals surface area contributed by atoms with Crippen LogP contribution in [0.2, 0.25) is 10.0 Å². The second kappa shape index (κ2) is 7.34. The van der Waals surface area contributed by atoms with Crippen molar-refractivity contribution in [3.8, 4) is 0 Å². The molecule has 0 aromatic heterocycles. The quantitative estimate of drug-likeness (QED) is 0.738. The van der Waals surface area contributed by atoms with E-state index in [-0.39, 0.29) is 15.7 Å². The van der Waals surface area contributed by atoms with Crippen molar-refractivity contribution >= 4 is 50.5 Å². The van der Waals surface area contributed by atoms with E-state index < -0.39 is 38.3 Å². The van der Waals surface area contributed by atoms with Gasteiger partial charge in [0.15, 0.2) is 0 Å². The molecule has 0 saturated heterocycles. The number of halogens is 5. The van der Waals surface area contributed by atoms with Gasteiger partial charge in [-0.2, -0.15) is 13.2 Å². The second-order valence-electron chi connectivity index (χ2n) is 5.10. The average molecular weight is 427 g/mol. The molecule has 0 unspecified atom stereocenters. The van der Waals surface area contributed by atoms with Crippen LogP contribution in [0.4, 0.5) is 24.5 Å². The maximum absolute atomic E-state index is 13.3. The van der Waals surface area contributed by atoms with Crippen molar-refractivity contribution in [2.75, 3.05) is 10.0 Å². The number of benzene rings is 2. The Labute approximate surface area is 157 Å². The van der Waals surface area contributed by atoms with Gasteiger partial charge in [0.2, 0.25) is 5.91 Å². The summed E-state index contributed by atoms with van der Waals surface area (Å²) in [6, 6.07) is 6.39. The summed E-state index contributed by atoms with van der Waals surface area (Å²) in [5.41, 5.74) is -2.12. The summed E-state index contributed by atoms with van der Waals surface area (Å²) in [5.74, 6) is -0.572. The van der Waals surface area contributed by atoms with Gasteiger partial charge in [0, 0.05) is 12.6 Å². The number of nitrogens with one attached hydrogen (secondary N) is 2. The number of rotatable bonds is 4. The summed E-state index contributed by atoms with van der Waals surface area (Å²) in [4.78, 5) is 10.5. The van der Waals surface area contributed by atoms with Crippen molar-refractivity contribution in [2.45, 2.75) is 18.0 Å². The molecule has 11 heteroatoms. The highest BCUT2D eigenvalue weighted by molar-refractivity contribution is 7.92. The molecule has 2 aromatic rings. The Bertz CT molecular complexity index is 963. The average Bonchev–Trinajstić information content (AvgIpc) is 2.49. The molecule has 0 aliphatic carbocycles. The first-order valence-electron chi connectivity index (χ1n) is 6.87. The van der Waals surface area contributed by atoms with Crippen molar-refractivity contribution in [1.82, 2.24) is 0 Å². The number of amides is 1. The van der Waals surface area contributed by atoms with Crippen LogP contribution in [0.1, 0.15) is 12.5 Å². The minimum atomic E-state index is -4.87. The minimum Gasteiger partial charge on any atom is -0.326 e. The third kappa shape index (κ3) is 4.60. The van der Waals surface area contributed by atoms with Crippen LogP contribution in [0.5, 0.6) is 0 Å². The van der Waals surface area contributed by atoms with Gasteiger partial charge in [-0.25, -0.2) is 8.42 Å². The highest BCUT2D eigenvalue weighted by Gasteiger charge is 2.35. The number of anilines is 2. The maximum atomic E-state index is 13.3. The summed E-state index contributed by atoms with van der Waals surface area (Å²) in [6.45, 7) is 1.13. The van der Waals surface area contributed by atoms with Gasteiger partial charge < -0.3 is 5.32 Å². The first-order chi connectivity index (χ1) is 11.9. The number of carbonyl (C=O) groups is 1. The van der Waals surface area contributed by atoms with E-state index in [9.17, 15) is 26.4 Å². The topological polar surface area (TPSA) is 75.3 Å². The molecule has 0 spiro atoms. The van der Waals surface area contributed by atoms with Crippen molar-refractivity contribution in [3.05, 3.63) is 52.0 Å². The van der Waals surface area contributed by atoms with Gasteiger partial charge in [0.25, 0.3) is 10.0 Å². The summed E-state index contributed by atoms with van der Waals surface area (Å²) in [5, 5.41) is 1.82. The van der Waals surface area contributed by atoms with Crippen molar-refractivity contribution in [3.63, 3.8) is 0 Å². The van der Waals surface area contributed by atoms with Gasteiger partial charge in [-0.1, -0.05) is 29.3 Å². The van der Waals surface area contributed by atoms with Gasteiger partial charge >= 0.3 is 6.18 Å². The van der Waals surface area contributed by atoms with Crippen molar-refractivity contribution in [1.29, 1.82) is 0 Å². The van der Waals surface area contributed by atoms with Crippen molar-refractivity contribution in [2.24, 2.45) is 0 Å². The Balaban J connectivity index is 2.51. The summed E-state index contributed by atoms with van der Waals surface area (Å²) < 4.78 is 66.6. The molecular formula is C15H11Cl2F3N2O3S. The Kier molecular flexibility index (Phi) is 5.74. The number of hydrogen-bond donors (Lipinski definition) is 2. The molecule has 0 radical (unpaired) electrons. The van der Waals surface area contributed by atoms with Crippen LogP contribution in [0.25, 0.3) is 0 Å². The van der Waals surface area contributed by atoms with Crippen LogP contribution in [-0.4, -0.2) is 14.3 Å².